The quantitative estimate of drug-likeness (QED) is 0.444. The van der Waals surface area contributed by atoms with Gasteiger partial charge >= 0.3 is 0 Å². The minimum Gasteiger partial charge on any atom is -0.357 e. The van der Waals surface area contributed by atoms with Crippen LogP contribution in [-0.2, 0) is 0 Å². The van der Waals surface area contributed by atoms with Crippen molar-refractivity contribution in [2.75, 3.05) is 32.7 Å². The van der Waals surface area contributed by atoms with E-state index in [-0.39, 0.29) is 0 Å². The van der Waals surface area contributed by atoms with Crippen molar-refractivity contribution in [3.05, 3.63) is 0 Å². The summed E-state index contributed by atoms with van der Waals surface area (Å²) >= 11 is 0. The molecule has 0 amide bonds. The number of rotatable bonds is 11. The standard InChI is InChI=1S/C12H29N3/c1-3-5-6-12(4-2)11-15-10-9-14-8-7-13/h12,14-15H,3-11,13H2,1-2H3/p+1. The lowest BCUT2D eigenvalue weighted by atomic mass is 9.99. The van der Waals surface area contributed by atoms with Gasteiger partial charge < -0.3 is 16.4 Å². The van der Waals surface area contributed by atoms with Gasteiger partial charge in [-0.2, -0.15) is 0 Å². The molecule has 0 aromatic carbocycles. The van der Waals surface area contributed by atoms with E-state index in [1.165, 1.54) is 32.2 Å². The summed E-state index contributed by atoms with van der Waals surface area (Å²) < 4.78 is 0. The van der Waals surface area contributed by atoms with Crippen molar-refractivity contribution in [1.82, 2.24) is 10.6 Å². The Morgan fingerprint density at radius 3 is 2.40 bits per heavy atom. The van der Waals surface area contributed by atoms with Crippen LogP contribution in [0.25, 0.3) is 0 Å². The maximum atomic E-state index is 3.80. The first-order valence-corrected chi connectivity index (χ1v) is 6.55. The predicted octanol–water partition coefficient (Wildman–Crippen LogP) is 0.624. The molecular weight excluding hydrogens is 186 g/mol. The van der Waals surface area contributed by atoms with Gasteiger partial charge in [-0.3, -0.25) is 0 Å². The van der Waals surface area contributed by atoms with Crippen LogP contribution in [0.4, 0.5) is 0 Å². The van der Waals surface area contributed by atoms with Gasteiger partial charge in [-0.15, -0.1) is 0 Å². The summed E-state index contributed by atoms with van der Waals surface area (Å²) in [6.45, 7) is 9.92. The summed E-state index contributed by atoms with van der Waals surface area (Å²) in [6, 6.07) is 0. The Hall–Kier alpha value is -0.120. The summed E-state index contributed by atoms with van der Waals surface area (Å²) in [6.07, 6.45) is 5.38. The molecule has 0 aromatic rings. The molecule has 3 heteroatoms. The molecule has 0 spiro atoms. The third-order valence-electron chi connectivity index (χ3n) is 2.81. The van der Waals surface area contributed by atoms with Crippen LogP contribution in [0.15, 0.2) is 0 Å². The highest BCUT2D eigenvalue weighted by Crippen LogP contribution is 2.10. The number of hydrogen-bond acceptors (Lipinski definition) is 2. The monoisotopic (exact) mass is 216 g/mol. The first kappa shape index (κ1) is 14.9. The summed E-state index contributed by atoms with van der Waals surface area (Å²) in [5, 5.41) is 6.87. The lowest BCUT2D eigenvalue weighted by Crippen LogP contribution is -2.54. The van der Waals surface area contributed by atoms with Crippen molar-refractivity contribution in [2.24, 2.45) is 5.92 Å². The Balaban J connectivity index is 3.22. The second kappa shape index (κ2) is 12.0. The summed E-state index contributed by atoms with van der Waals surface area (Å²) in [4.78, 5) is 0. The molecule has 0 aliphatic carbocycles. The highest BCUT2D eigenvalue weighted by molar-refractivity contribution is 4.61. The molecule has 0 fully saturated rings. The molecule has 0 aromatic heterocycles. The fourth-order valence-electron chi connectivity index (χ4n) is 1.68. The Kier molecular flexibility index (Phi) is 11.9. The van der Waals surface area contributed by atoms with E-state index in [0.29, 0.717) is 0 Å². The minimum atomic E-state index is 0.873. The van der Waals surface area contributed by atoms with E-state index in [4.69, 9.17) is 0 Å². The second-order valence-corrected chi connectivity index (χ2v) is 4.22. The highest BCUT2D eigenvalue weighted by Gasteiger charge is 2.04. The van der Waals surface area contributed by atoms with E-state index in [0.717, 1.165) is 32.1 Å². The van der Waals surface area contributed by atoms with Crippen LogP contribution in [0.3, 0.4) is 0 Å². The molecule has 0 aliphatic rings. The van der Waals surface area contributed by atoms with Crippen LogP contribution in [-0.4, -0.2) is 32.7 Å². The van der Waals surface area contributed by atoms with E-state index in [2.05, 4.69) is 30.2 Å². The Morgan fingerprint density at radius 1 is 1.07 bits per heavy atom. The van der Waals surface area contributed by atoms with Gasteiger partial charge in [-0.25, -0.2) is 0 Å². The smallest absolute Gasteiger partial charge is 0.0866 e. The van der Waals surface area contributed by atoms with Crippen LogP contribution >= 0.6 is 0 Å². The lowest BCUT2D eigenvalue weighted by molar-refractivity contribution is -0.365. The summed E-state index contributed by atoms with van der Waals surface area (Å²) in [7, 11) is 0. The minimum absolute atomic E-state index is 0.873. The van der Waals surface area contributed by atoms with Crippen molar-refractivity contribution < 1.29 is 5.73 Å². The topological polar surface area (TPSA) is 51.7 Å². The molecular formula is C12H30N3+. The van der Waals surface area contributed by atoms with E-state index < -0.39 is 0 Å². The molecule has 0 saturated heterocycles. The average Bonchev–Trinajstić information content (AvgIpc) is 2.27. The molecule has 15 heavy (non-hydrogen) atoms. The zero-order valence-corrected chi connectivity index (χ0v) is 10.6. The van der Waals surface area contributed by atoms with E-state index in [9.17, 15) is 0 Å². The van der Waals surface area contributed by atoms with Crippen LogP contribution in [0, 0.1) is 5.92 Å². The number of hydrogen-bond donors (Lipinski definition) is 3. The lowest BCUT2D eigenvalue weighted by Gasteiger charge is -2.15. The Labute approximate surface area is 95.2 Å². The fourth-order valence-corrected chi connectivity index (χ4v) is 1.68. The van der Waals surface area contributed by atoms with Crippen molar-refractivity contribution in [3.8, 4) is 0 Å². The van der Waals surface area contributed by atoms with Gasteiger partial charge in [0, 0.05) is 19.6 Å². The molecule has 1 atom stereocenters. The SMILES string of the molecule is CCCCC(CC)CNCCNCC[NH3+]. The molecule has 0 bridgehead atoms. The summed E-state index contributed by atoms with van der Waals surface area (Å²) in [5.74, 6) is 0.873. The van der Waals surface area contributed by atoms with Crippen molar-refractivity contribution in [3.63, 3.8) is 0 Å². The van der Waals surface area contributed by atoms with Gasteiger partial charge in [-0.05, 0) is 18.9 Å². The van der Waals surface area contributed by atoms with Crippen molar-refractivity contribution in [2.45, 2.75) is 39.5 Å². The first-order valence-electron chi connectivity index (χ1n) is 6.55. The molecule has 0 heterocycles. The number of nitrogens with one attached hydrogen (secondary N) is 2. The van der Waals surface area contributed by atoms with E-state index in [1.807, 2.05) is 0 Å². The van der Waals surface area contributed by atoms with Crippen LogP contribution in [0.5, 0.6) is 0 Å². The molecule has 0 saturated carbocycles. The largest absolute Gasteiger partial charge is 0.357 e. The van der Waals surface area contributed by atoms with Crippen LogP contribution < -0.4 is 16.4 Å². The zero-order chi connectivity index (χ0) is 11.4. The van der Waals surface area contributed by atoms with Gasteiger partial charge in [0.05, 0.1) is 6.54 Å². The molecule has 1 unspecified atom stereocenters. The van der Waals surface area contributed by atoms with Gasteiger partial charge in [0.2, 0.25) is 0 Å². The number of quaternary nitrogens is 1. The normalized spacial score (nSPS) is 13.0. The van der Waals surface area contributed by atoms with Gasteiger partial charge in [0.1, 0.15) is 0 Å². The van der Waals surface area contributed by atoms with Gasteiger partial charge in [0.15, 0.2) is 0 Å². The first-order chi connectivity index (χ1) is 7.35. The predicted molar refractivity (Wildman–Crippen MR) is 66.8 cm³/mol. The molecule has 0 radical (unpaired) electrons. The van der Waals surface area contributed by atoms with Crippen molar-refractivity contribution in [1.29, 1.82) is 0 Å². The Bertz CT molecular complexity index is 117. The summed E-state index contributed by atoms with van der Waals surface area (Å²) in [5.41, 5.74) is 3.80. The van der Waals surface area contributed by atoms with Gasteiger partial charge in [-0.1, -0.05) is 33.1 Å². The molecule has 0 rings (SSSR count). The highest BCUT2D eigenvalue weighted by atomic mass is 14.9. The fraction of sp³-hybridized carbons (Fsp3) is 1.00. The van der Waals surface area contributed by atoms with Crippen LogP contribution in [0.1, 0.15) is 39.5 Å². The van der Waals surface area contributed by atoms with E-state index in [1.54, 1.807) is 0 Å². The molecule has 5 N–H and O–H groups in total. The second-order valence-electron chi connectivity index (χ2n) is 4.22. The third kappa shape index (κ3) is 10.2. The molecule has 92 valence electrons. The Morgan fingerprint density at radius 2 is 1.80 bits per heavy atom. The number of unbranched alkanes of at least 4 members (excludes halogenated alkanes) is 1. The molecule has 0 aliphatic heterocycles. The maximum Gasteiger partial charge on any atom is 0.0866 e. The maximum absolute atomic E-state index is 3.80. The van der Waals surface area contributed by atoms with Crippen LogP contribution in [0.2, 0.25) is 0 Å². The zero-order valence-electron chi connectivity index (χ0n) is 10.6. The third-order valence-corrected chi connectivity index (χ3v) is 2.81. The van der Waals surface area contributed by atoms with Gasteiger partial charge in [0.25, 0.3) is 0 Å². The van der Waals surface area contributed by atoms with E-state index >= 15 is 0 Å². The average molecular weight is 216 g/mol. The molecule has 3 nitrogen and oxygen atoms in total. The van der Waals surface area contributed by atoms with Crippen molar-refractivity contribution >= 4 is 0 Å².